The minimum Gasteiger partial charge on any atom is -0.507 e. The number of benzene rings is 1. The van der Waals surface area contributed by atoms with Crippen LogP contribution in [0, 0.1) is 16.0 Å². The van der Waals surface area contributed by atoms with Gasteiger partial charge in [0.2, 0.25) is 0 Å². The van der Waals surface area contributed by atoms with Crippen molar-refractivity contribution >= 4 is 11.9 Å². The number of phenols is 1. The highest BCUT2D eigenvalue weighted by Crippen LogP contribution is 2.48. The fourth-order valence-corrected chi connectivity index (χ4v) is 4.92. The standard InChI is InChI=1S/C29H39NO8/c1-19(2)22-11-10-20(3)16-23(22)28-24(31)17-21(18-25(28)38-27(34)13-12-26(32)33)29(4,5)14-8-6-7-9-15-37-30(35)36/h12-13,16-18,22-23,31H,1,6-11,14-15H2,2-5H3,(H,32,33)/b13-12-. The number of carboxylic acids is 1. The van der Waals surface area contributed by atoms with E-state index in [-0.39, 0.29) is 35.4 Å². The highest BCUT2D eigenvalue weighted by Gasteiger charge is 2.33. The summed E-state index contributed by atoms with van der Waals surface area (Å²) in [4.78, 5) is 38.0. The van der Waals surface area contributed by atoms with Crippen LogP contribution in [0.5, 0.6) is 11.5 Å². The van der Waals surface area contributed by atoms with Crippen LogP contribution in [0.25, 0.3) is 0 Å². The summed E-state index contributed by atoms with van der Waals surface area (Å²) in [5.74, 6) is -2.09. The molecular weight excluding hydrogens is 490 g/mol. The summed E-state index contributed by atoms with van der Waals surface area (Å²) >= 11 is 0. The molecule has 208 valence electrons. The Bertz CT molecular complexity index is 1100. The summed E-state index contributed by atoms with van der Waals surface area (Å²) in [5.41, 5.74) is 3.03. The smallest absolute Gasteiger partial charge is 0.336 e. The summed E-state index contributed by atoms with van der Waals surface area (Å²) in [5, 5.41) is 29.6. The van der Waals surface area contributed by atoms with Crippen molar-refractivity contribution < 1.29 is 34.5 Å². The first-order chi connectivity index (χ1) is 17.8. The van der Waals surface area contributed by atoms with Crippen LogP contribution in [0.4, 0.5) is 0 Å². The topological polar surface area (TPSA) is 136 Å². The molecule has 0 aliphatic heterocycles. The number of phenolic OH excluding ortho intramolecular Hbond substituents is 1. The van der Waals surface area contributed by atoms with Crippen LogP contribution in [0.15, 0.2) is 48.1 Å². The number of carboxylic acid groups (broad SMARTS) is 1. The second-order valence-electron chi connectivity index (χ2n) is 10.6. The SMILES string of the molecule is C=C(C)C1CCC(C)=CC1c1c(O)cc(C(C)(C)CCCCCCO[N+](=O)[O-])cc1OC(=O)/C=C\C(=O)O. The lowest BCUT2D eigenvalue weighted by atomic mass is 9.72. The Hall–Kier alpha value is -3.62. The number of allylic oxidation sites excluding steroid dienone is 3. The van der Waals surface area contributed by atoms with E-state index in [1.807, 2.05) is 27.7 Å². The minimum atomic E-state index is -1.27. The molecule has 0 bridgehead atoms. The quantitative estimate of drug-likeness (QED) is 0.0538. The van der Waals surface area contributed by atoms with Gasteiger partial charge in [-0.3, -0.25) is 0 Å². The lowest BCUT2D eigenvalue weighted by molar-refractivity contribution is -0.757. The number of hydrogen-bond donors (Lipinski definition) is 2. The van der Waals surface area contributed by atoms with Gasteiger partial charge in [-0.2, -0.15) is 0 Å². The number of ether oxygens (including phenoxy) is 1. The van der Waals surface area contributed by atoms with Gasteiger partial charge in [0, 0.05) is 23.6 Å². The molecule has 0 fully saturated rings. The zero-order valence-electron chi connectivity index (χ0n) is 22.7. The molecule has 0 saturated carbocycles. The van der Waals surface area contributed by atoms with E-state index in [1.165, 1.54) is 5.57 Å². The van der Waals surface area contributed by atoms with Gasteiger partial charge in [0.25, 0.3) is 5.09 Å². The molecule has 2 N–H and O–H groups in total. The normalized spacial score (nSPS) is 17.6. The second-order valence-corrected chi connectivity index (χ2v) is 10.6. The molecule has 1 aromatic carbocycles. The Morgan fingerprint density at radius 2 is 1.89 bits per heavy atom. The van der Waals surface area contributed by atoms with E-state index < -0.39 is 17.0 Å². The molecule has 0 heterocycles. The highest BCUT2D eigenvalue weighted by molar-refractivity contribution is 5.92. The first-order valence-electron chi connectivity index (χ1n) is 12.9. The molecule has 2 unspecified atom stereocenters. The molecule has 9 nitrogen and oxygen atoms in total. The maximum Gasteiger partial charge on any atom is 0.336 e. The Morgan fingerprint density at radius 3 is 2.53 bits per heavy atom. The molecule has 0 amide bonds. The fraction of sp³-hybridized carbons (Fsp3) is 0.517. The van der Waals surface area contributed by atoms with Gasteiger partial charge in [0.15, 0.2) is 0 Å². The number of carbonyl (C=O) groups excluding carboxylic acids is 1. The average molecular weight is 530 g/mol. The first-order valence-corrected chi connectivity index (χ1v) is 12.9. The minimum absolute atomic E-state index is 0.0136. The van der Waals surface area contributed by atoms with Gasteiger partial charge in [-0.1, -0.05) is 56.9 Å². The third-order valence-electron chi connectivity index (χ3n) is 7.08. The van der Waals surface area contributed by atoms with Gasteiger partial charge in [-0.15, -0.1) is 10.1 Å². The molecule has 2 atom stereocenters. The van der Waals surface area contributed by atoms with Crippen molar-refractivity contribution in [2.45, 2.75) is 84.0 Å². The Morgan fingerprint density at radius 1 is 1.21 bits per heavy atom. The Balaban J connectivity index is 2.36. The first kappa shape index (κ1) is 30.6. The van der Waals surface area contributed by atoms with Gasteiger partial charge in [-0.25, -0.2) is 9.59 Å². The van der Waals surface area contributed by atoms with Crippen molar-refractivity contribution in [2.75, 3.05) is 6.61 Å². The molecule has 1 aliphatic rings. The molecule has 1 aliphatic carbocycles. The van der Waals surface area contributed by atoms with Crippen molar-refractivity contribution in [1.29, 1.82) is 0 Å². The molecule has 0 radical (unpaired) electrons. The van der Waals surface area contributed by atoms with Crippen LogP contribution in [-0.4, -0.2) is 33.8 Å². The van der Waals surface area contributed by atoms with Crippen molar-refractivity contribution in [2.24, 2.45) is 5.92 Å². The van der Waals surface area contributed by atoms with Crippen LogP contribution < -0.4 is 4.74 Å². The van der Waals surface area contributed by atoms with Gasteiger partial charge >= 0.3 is 11.9 Å². The van der Waals surface area contributed by atoms with E-state index in [0.717, 1.165) is 55.7 Å². The fourth-order valence-electron chi connectivity index (χ4n) is 4.92. The number of rotatable bonds is 14. The highest BCUT2D eigenvalue weighted by atomic mass is 16.9. The molecule has 9 heteroatoms. The second kappa shape index (κ2) is 13.8. The van der Waals surface area contributed by atoms with E-state index in [4.69, 9.17) is 9.84 Å². The number of aliphatic carboxylic acids is 1. The van der Waals surface area contributed by atoms with Crippen molar-refractivity contribution in [3.63, 3.8) is 0 Å². The number of unbranched alkanes of at least 4 members (excludes halogenated alkanes) is 3. The predicted molar refractivity (Wildman–Crippen MR) is 144 cm³/mol. The molecule has 0 aromatic heterocycles. The van der Waals surface area contributed by atoms with Crippen LogP contribution in [0.3, 0.4) is 0 Å². The molecule has 0 saturated heterocycles. The molecule has 1 aromatic rings. The Kier molecular flexibility index (Phi) is 11.1. The molecular formula is C29H39NO8. The zero-order valence-corrected chi connectivity index (χ0v) is 22.7. The number of hydrogen-bond acceptors (Lipinski definition) is 7. The number of esters is 1. The summed E-state index contributed by atoms with van der Waals surface area (Å²) in [6.45, 7) is 12.3. The maximum atomic E-state index is 12.5. The summed E-state index contributed by atoms with van der Waals surface area (Å²) in [6, 6.07) is 3.48. The summed E-state index contributed by atoms with van der Waals surface area (Å²) in [7, 11) is 0. The van der Waals surface area contributed by atoms with Crippen molar-refractivity contribution in [1.82, 2.24) is 0 Å². The maximum absolute atomic E-state index is 12.5. The molecule has 38 heavy (non-hydrogen) atoms. The summed E-state index contributed by atoms with van der Waals surface area (Å²) in [6.07, 6.45) is 9.29. The van der Waals surface area contributed by atoms with E-state index in [0.29, 0.717) is 18.1 Å². The van der Waals surface area contributed by atoms with E-state index in [2.05, 4.69) is 17.5 Å². The Labute approximate surface area is 223 Å². The van der Waals surface area contributed by atoms with Gasteiger partial charge in [0.05, 0.1) is 6.61 Å². The monoisotopic (exact) mass is 529 g/mol. The van der Waals surface area contributed by atoms with Crippen molar-refractivity contribution in [3.05, 3.63) is 69.3 Å². The predicted octanol–water partition coefficient (Wildman–Crippen LogP) is 6.39. The van der Waals surface area contributed by atoms with E-state index >= 15 is 0 Å². The third kappa shape index (κ3) is 9.04. The third-order valence-corrected chi connectivity index (χ3v) is 7.08. The number of carbonyl (C=O) groups is 2. The van der Waals surface area contributed by atoms with Gasteiger partial charge < -0.3 is 19.8 Å². The van der Waals surface area contributed by atoms with Gasteiger partial charge in [-0.05, 0) is 68.6 Å². The van der Waals surface area contributed by atoms with Crippen LogP contribution in [0.2, 0.25) is 0 Å². The van der Waals surface area contributed by atoms with Crippen molar-refractivity contribution in [3.8, 4) is 11.5 Å². The number of aromatic hydroxyl groups is 1. The van der Waals surface area contributed by atoms with Gasteiger partial charge in [0.1, 0.15) is 11.5 Å². The lowest BCUT2D eigenvalue weighted by Crippen LogP contribution is -2.21. The van der Waals surface area contributed by atoms with E-state index in [1.54, 1.807) is 12.1 Å². The largest absolute Gasteiger partial charge is 0.507 e. The lowest BCUT2D eigenvalue weighted by Gasteiger charge is -2.33. The van der Waals surface area contributed by atoms with Crippen LogP contribution in [-0.2, 0) is 19.8 Å². The zero-order chi connectivity index (χ0) is 28.5. The summed E-state index contributed by atoms with van der Waals surface area (Å²) < 4.78 is 5.64. The number of nitrogens with zero attached hydrogens (tertiary/aromatic N) is 1. The molecule has 2 rings (SSSR count). The molecule has 0 spiro atoms. The van der Waals surface area contributed by atoms with Crippen LogP contribution >= 0.6 is 0 Å². The van der Waals surface area contributed by atoms with E-state index in [9.17, 15) is 24.8 Å². The van der Waals surface area contributed by atoms with Crippen LogP contribution in [0.1, 0.15) is 89.7 Å². The average Bonchev–Trinajstić information content (AvgIpc) is 2.81.